The fourth-order valence-electron chi connectivity index (χ4n) is 4.22. The lowest BCUT2D eigenvalue weighted by atomic mass is 9.90. The van der Waals surface area contributed by atoms with Gasteiger partial charge in [-0.25, -0.2) is 0 Å². The van der Waals surface area contributed by atoms with Gasteiger partial charge >= 0.3 is 0 Å². The van der Waals surface area contributed by atoms with Crippen LogP contribution < -0.4 is 15.4 Å². The van der Waals surface area contributed by atoms with E-state index in [1.165, 1.54) is 36.0 Å². The van der Waals surface area contributed by atoms with E-state index in [9.17, 15) is 0 Å². The number of ether oxygens (including phenoxy) is 1. The minimum atomic E-state index is 0.420. The van der Waals surface area contributed by atoms with E-state index in [1.54, 1.807) is 0 Å². The van der Waals surface area contributed by atoms with Crippen LogP contribution in [0.25, 0.3) is 0 Å². The van der Waals surface area contributed by atoms with Gasteiger partial charge in [-0.1, -0.05) is 42.8 Å². The van der Waals surface area contributed by atoms with Crippen LogP contribution >= 0.6 is 0 Å². The van der Waals surface area contributed by atoms with Crippen molar-refractivity contribution in [2.75, 3.05) is 19.7 Å². The Bertz CT molecular complexity index is 692. The van der Waals surface area contributed by atoms with Gasteiger partial charge in [0.2, 0.25) is 0 Å². The molecule has 2 aliphatic heterocycles. The Labute approximate surface area is 157 Å². The second kappa shape index (κ2) is 8.70. The van der Waals surface area contributed by atoms with Gasteiger partial charge in [0, 0.05) is 12.1 Å². The third kappa shape index (κ3) is 4.46. The predicted molar refractivity (Wildman–Crippen MR) is 107 cm³/mol. The van der Waals surface area contributed by atoms with Crippen molar-refractivity contribution in [3.05, 3.63) is 65.2 Å². The molecule has 0 bridgehead atoms. The summed E-state index contributed by atoms with van der Waals surface area (Å²) in [6.07, 6.45) is 7.23. The highest BCUT2D eigenvalue weighted by atomic mass is 16.5. The molecule has 2 atom stereocenters. The van der Waals surface area contributed by atoms with Crippen LogP contribution in [0.4, 0.5) is 0 Å². The smallest absolute Gasteiger partial charge is 0.119 e. The lowest BCUT2D eigenvalue weighted by Gasteiger charge is -2.27. The molecule has 26 heavy (non-hydrogen) atoms. The molecule has 0 aliphatic carbocycles. The standard InChI is InChI=1S/C23H30N2O/c1-2-7-22-19(5-1)12-15-25-23(22)17-18-8-10-21(11-9-18)26-16-13-20-6-3-4-14-24-20/h1-2,5,7-11,20,23-25H,3-4,6,12-17H2. The molecule has 3 nitrogen and oxygen atoms in total. The van der Waals surface area contributed by atoms with Crippen molar-refractivity contribution < 1.29 is 4.74 Å². The van der Waals surface area contributed by atoms with Crippen molar-refractivity contribution in [2.45, 2.75) is 50.6 Å². The van der Waals surface area contributed by atoms with Gasteiger partial charge < -0.3 is 15.4 Å². The predicted octanol–water partition coefficient (Wildman–Crippen LogP) is 4.03. The van der Waals surface area contributed by atoms with Gasteiger partial charge in [-0.15, -0.1) is 0 Å². The van der Waals surface area contributed by atoms with Crippen LogP contribution in [0.5, 0.6) is 5.75 Å². The van der Waals surface area contributed by atoms with E-state index in [0.29, 0.717) is 12.1 Å². The Morgan fingerprint density at radius 3 is 2.65 bits per heavy atom. The molecule has 2 heterocycles. The largest absolute Gasteiger partial charge is 0.494 e. The third-order valence-corrected chi connectivity index (χ3v) is 5.73. The number of piperidine rings is 1. The molecule has 0 aromatic heterocycles. The van der Waals surface area contributed by atoms with Gasteiger partial charge in [0.1, 0.15) is 5.75 Å². The minimum Gasteiger partial charge on any atom is -0.494 e. The van der Waals surface area contributed by atoms with Crippen LogP contribution in [-0.2, 0) is 12.8 Å². The van der Waals surface area contributed by atoms with Crippen molar-refractivity contribution in [2.24, 2.45) is 0 Å². The average molecular weight is 351 g/mol. The number of hydrogen-bond acceptors (Lipinski definition) is 3. The molecule has 2 aromatic carbocycles. The molecule has 0 radical (unpaired) electrons. The maximum atomic E-state index is 5.95. The van der Waals surface area contributed by atoms with Crippen LogP contribution in [0.3, 0.4) is 0 Å². The summed E-state index contributed by atoms with van der Waals surface area (Å²) in [5.41, 5.74) is 4.31. The van der Waals surface area contributed by atoms with E-state index in [4.69, 9.17) is 4.74 Å². The van der Waals surface area contributed by atoms with Crippen LogP contribution in [0.1, 0.15) is 48.4 Å². The first-order valence-electron chi connectivity index (χ1n) is 10.1. The number of hydrogen-bond donors (Lipinski definition) is 2. The molecule has 0 saturated carbocycles. The van der Waals surface area contributed by atoms with Gasteiger partial charge in [-0.05, 0) is 74.0 Å². The highest BCUT2D eigenvalue weighted by Gasteiger charge is 2.19. The molecule has 0 spiro atoms. The number of benzene rings is 2. The highest BCUT2D eigenvalue weighted by molar-refractivity contribution is 5.35. The molecule has 1 fully saturated rings. The molecule has 2 aliphatic rings. The Hall–Kier alpha value is -1.84. The maximum Gasteiger partial charge on any atom is 0.119 e. The molecule has 2 unspecified atom stereocenters. The molecule has 138 valence electrons. The minimum absolute atomic E-state index is 0.420. The normalized spacial score (nSPS) is 22.6. The summed E-state index contributed by atoms with van der Waals surface area (Å²) >= 11 is 0. The zero-order chi connectivity index (χ0) is 17.6. The van der Waals surface area contributed by atoms with E-state index < -0.39 is 0 Å². The first-order valence-corrected chi connectivity index (χ1v) is 10.1. The molecule has 3 heteroatoms. The topological polar surface area (TPSA) is 33.3 Å². The molecule has 1 saturated heterocycles. The van der Waals surface area contributed by atoms with E-state index in [0.717, 1.165) is 44.7 Å². The monoisotopic (exact) mass is 350 g/mol. The number of nitrogens with one attached hydrogen (secondary N) is 2. The zero-order valence-corrected chi connectivity index (χ0v) is 15.5. The van der Waals surface area contributed by atoms with Crippen molar-refractivity contribution in [1.29, 1.82) is 0 Å². The molecule has 0 amide bonds. The van der Waals surface area contributed by atoms with E-state index in [1.807, 2.05) is 0 Å². The van der Waals surface area contributed by atoms with E-state index in [-0.39, 0.29) is 0 Å². The molecule has 2 N–H and O–H groups in total. The summed E-state index contributed by atoms with van der Waals surface area (Å²) < 4.78 is 5.95. The summed E-state index contributed by atoms with van der Waals surface area (Å²) in [6.45, 7) is 3.03. The van der Waals surface area contributed by atoms with Crippen LogP contribution in [0.2, 0.25) is 0 Å². The number of rotatable bonds is 6. The molecule has 4 rings (SSSR count). The van der Waals surface area contributed by atoms with Crippen molar-refractivity contribution in [3.8, 4) is 5.75 Å². The quantitative estimate of drug-likeness (QED) is 0.825. The second-order valence-corrected chi connectivity index (χ2v) is 7.59. The van der Waals surface area contributed by atoms with Gasteiger partial charge in [0.25, 0.3) is 0 Å². The van der Waals surface area contributed by atoms with Gasteiger partial charge in [0.15, 0.2) is 0 Å². The summed E-state index contributed by atoms with van der Waals surface area (Å²) in [6, 6.07) is 18.6. The highest BCUT2D eigenvalue weighted by Crippen LogP contribution is 2.26. The summed E-state index contributed by atoms with van der Waals surface area (Å²) in [5, 5.41) is 7.25. The Kier molecular flexibility index (Phi) is 5.88. The Morgan fingerprint density at radius 1 is 0.923 bits per heavy atom. The van der Waals surface area contributed by atoms with E-state index in [2.05, 4.69) is 59.2 Å². The lowest BCUT2D eigenvalue weighted by Crippen LogP contribution is -2.35. The van der Waals surface area contributed by atoms with E-state index >= 15 is 0 Å². The average Bonchev–Trinajstić information content (AvgIpc) is 2.70. The molecule has 2 aromatic rings. The van der Waals surface area contributed by atoms with Gasteiger partial charge in [-0.2, -0.15) is 0 Å². The third-order valence-electron chi connectivity index (χ3n) is 5.73. The number of fused-ring (bicyclic) bond motifs is 1. The maximum absolute atomic E-state index is 5.95. The van der Waals surface area contributed by atoms with Gasteiger partial charge in [-0.3, -0.25) is 0 Å². The summed E-state index contributed by atoms with van der Waals surface area (Å²) in [7, 11) is 0. The first-order chi connectivity index (χ1) is 12.9. The summed E-state index contributed by atoms with van der Waals surface area (Å²) in [4.78, 5) is 0. The van der Waals surface area contributed by atoms with Crippen LogP contribution in [0, 0.1) is 0 Å². The van der Waals surface area contributed by atoms with Crippen LogP contribution in [-0.4, -0.2) is 25.7 Å². The van der Waals surface area contributed by atoms with Crippen molar-refractivity contribution in [3.63, 3.8) is 0 Å². The zero-order valence-electron chi connectivity index (χ0n) is 15.5. The van der Waals surface area contributed by atoms with Gasteiger partial charge in [0.05, 0.1) is 6.61 Å². The fourth-order valence-corrected chi connectivity index (χ4v) is 4.22. The molecular weight excluding hydrogens is 320 g/mol. The lowest BCUT2D eigenvalue weighted by molar-refractivity contribution is 0.268. The van der Waals surface area contributed by atoms with Crippen molar-refractivity contribution >= 4 is 0 Å². The molecular formula is C23H30N2O. The SMILES string of the molecule is c1ccc2c(c1)CCNC2Cc1ccc(OCCC2CCCCN2)cc1. The van der Waals surface area contributed by atoms with Crippen molar-refractivity contribution in [1.82, 2.24) is 10.6 Å². The fraction of sp³-hybridized carbons (Fsp3) is 0.478. The Morgan fingerprint density at radius 2 is 1.81 bits per heavy atom. The van der Waals surface area contributed by atoms with Crippen LogP contribution in [0.15, 0.2) is 48.5 Å². The first kappa shape index (κ1) is 17.6. The second-order valence-electron chi connectivity index (χ2n) is 7.59. The Balaban J connectivity index is 1.29. The summed E-state index contributed by atoms with van der Waals surface area (Å²) in [5.74, 6) is 0.988.